The molecule has 1 amide bonds. The number of methoxy groups -OCH3 is 1. The molecule has 0 aliphatic heterocycles. The Labute approximate surface area is 147 Å². The third-order valence-electron chi connectivity index (χ3n) is 3.02. The van der Waals surface area contributed by atoms with E-state index in [1.165, 1.54) is 37.5 Å². The zero-order valence-corrected chi connectivity index (χ0v) is 14.0. The van der Waals surface area contributed by atoms with Crippen LogP contribution in [0, 0.1) is 10.1 Å². The minimum absolute atomic E-state index is 0.159. The van der Waals surface area contributed by atoms with Crippen LogP contribution in [-0.4, -0.2) is 17.9 Å². The molecule has 2 rings (SSSR count). The number of nitrogens with zero attached hydrogens (tertiary/aromatic N) is 1. The number of hydrogen-bond donors (Lipinski definition) is 1. The third-order valence-corrected chi connectivity index (χ3v) is 3.60. The maximum atomic E-state index is 12.0. The molecular formula is C16H12Cl2N2O4. The highest BCUT2D eigenvalue weighted by molar-refractivity contribution is 6.34. The van der Waals surface area contributed by atoms with Gasteiger partial charge in [-0.15, -0.1) is 0 Å². The Morgan fingerprint density at radius 2 is 2.00 bits per heavy atom. The van der Waals surface area contributed by atoms with Crippen LogP contribution in [0.1, 0.15) is 5.56 Å². The Morgan fingerprint density at radius 3 is 2.67 bits per heavy atom. The van der Waals surface area contributed by atoms with Gasteiger partial charge in [-0.25, -0.2) is 0 Å². The molecule has 0 saturated heterocycles. The lowest BCUT2D eigenvalue weighted by molar-refractivity contribution is -0.384. The second-order valence-corrected chi connectivity index (χ2v) is 5.47. The highest BCUT2D eigenvalue weighted by atomic mass is 35.5. The predicted molar refractivity (Wildman–Crippen MR) is 93.8 cm³/mol. The summed E-state index contributed by atoms with van der Waals surface area (Å²) in [4.78, 5) is 22.3. The van der Waals surface area contributed by atoms with Gasteiger partial charge in [0.15, 0.2) is 0 Å². The molecule has 0 fully saturated rings. The summed E-state index contributed by atoms with van der Waals surface area (Å²) in [5.74, 6) is -0.187. The van der Waals surface area contributed by atoms with Crippen LogP contribution in [0.25, 0.3) is 6.08 Å². The molecule has 2 aromatic carbocycles. The average molecular weight is 367 g/mol. The number of nitro benzene ring substituents is 1. The Kier molecular flexibility index (Phi) is 5.78. The number of carbonyl (C=O) groups is 1. The molecule has 0 spiro atoms. The van der Waals surface area contributed by atoms with Gasteiger partial charge in [-0.05, 0) is 35.9 Å². The van der Waals surface area contributed by atoms with E-state index in [1.807, 2.05) is 0 Å². The van der Waals surface area contributed by atoms with Crippen molar-refractivity contribution in [3.63, 3.8) is 0 Å². The molecule has 0 radical (unpaired) electrons. The quantitative estimate of drug-likeness (QED) is 0.477. The van der Waals surface area contributed by atoms with E-state index in [0.29, 0.717) is 21.4 Å². The largest absolute Gasteiger partial charge is 0.495 e. The molecule has 0 atom stereocenters. The molecule has 0 aliphatic rings. The maximum Gasteiger partial charge on any atom is 0.271 e. The van der Waals surface area contributed by atoms with E-state index in [0.717, 1.165) is 0 Å². The van der Waals surface area contributed by atoms with Crippen molar-refractivity contribution in [3.8, 4) is 5.75 Å². The van der Waals surface area contributed by atoms with Crippen molar-refractivity contribution in [1.82, 2.24) is 0 Å². The van der Waals surface area contributed by atoms with Crippen molar-refractivity contribution in [2.24, 2.45) is 0 Å². The summed E-state index contributed by atoms with van der Waals surface area (Å²) in [5, 5.41) is 14.3. The van der Waals surface area contributed by atoms with Crippen LogP contribution in [0.2, 0.25) is 10.0 Å². The summed E-state index contributed by atoms with van der Waals surface area (Å²) >= 11 is 11.9. The molecule has 24 heavy (non-hydrogen) atoms. The molecule has 0 unspecified atom stereocenters. The molecule has 0 aliphatic carbocycles. The Morgan fingerprint density at radius 1 is 1.25 bits per heavy atom. The monoisotopic (exact) mass is 366 g/mol. The number of hydrogen-bond acceptors (Lipinski definition) is 4. The second-order valence-electron chi connectivity index (χ2n) is 4.63. The van der Waals surface area contributed by atoms with E-state index >= 15 is 0 Å². The Bertz CT molecular complexity index is 822. The fourth-order valence-corrected chi connectivity index (χ4v) is 2.25. The Hall–Kier alpha value is -2.57. The van der Waals surface area contributed by atoms with Crippen LogP contribution >= 0.6 is 23.2 Å². The fraction of sp³-hybridized carbons (Fsp3) is 0.0625. The summed E-state index contributed by atoms with van der Waals surface area (Å²) in [6.45, 7) is 0. The minimum atomic E-state index is -0.559. The van der Waals surface area contributed by atoms with Crippen LogP contribution in [0.4, 0.5) is 11.4 Å². The topological polar surface area (TPSA) is 81.5 Å². The molecule has 2 aromatic rings. The van der Waals surface area contributed by atoms with Crippen molar-refractivity contribution in [2.45, 2.75) is 0 Å². The standard InChI is InChI=1S/C16H12Cl2N2O4/c1-24-15-6-4-12(20(22)23)9-14(15)19-16(21)7-2-10-8-11(17)3-5-13(10)18/h2-9H,1H3,(H,19,21)/b7-2+. The summed E-state index contributed by atoms with van der Waals surface area (Å²) < 4.78 is 5.08. The normalized spacial score (nSPS) is 10.6. The number of nitrogens with one attached hydrogen (secondary N) is 1. The summed E-state index contributed by atoms with van der Waals surface area (Å²) in [7, 11) is 1.40. The van der Waals surface area contributed by atoms with Crippen LogP contribution < -0.4 is 10.1 Å². The van der Waals surface area contributed by atoms with Crippen LogP contribution in [0.15, 0.2) is 42.5 Å². The van der Waals surface area contributed by atoms with Crippen molar-refractivity contribution in [1.29, 1.82) is 0 Å². The summed E-state index contributed by atoms with van der Waals surface area (Å²) in [6.07, 6.45) is 2.74. The average Bonchev–Trinajstić information content (AvgIpc) is 2.55. The number of nitro groups is 1. The lowest BCUT2D eigenvalue weighted by Crippen LogP contribution is -2.09. The zero-order chi connectivity index (χ0) is 17.7. The third kappa shape index (κ3) is 4.47. The van der Waals surface area contributed by atoms with Crippen molar-refractivity contribution >= 4 is 46.6 Å². The number of carbonyl (C=O) groups excluding carboxylic acids is 1. The van der Waals surface area contributed by atoms with Gasteiger partial charge in [-0.1, -0.05) is 23.2 Å². The van der Waals surface area contributed by atoms with Gasteiger partial charge in [-0.3, -0.25) is 14.9 Å². The van der Waals surface area contributed by atoms with E-state index in [9.17, 15) is 14.9 Å². The van der Waals surface area contributed by atoms with E-state index in [1.54, 1.807) is 18.2 Å². The van der Waals surface area contributed by atoms with Crippen molar-refractivity contribution in [3.05, 3.63) is 68.2 Å². The molecule has 0 aromatic heterocycles. The van der Waals surface area contributed by atoms with Gasteiger partial charge in [0.25, 0.3) is 5.69 Å². The minimum Gasteiger partial charge on any atom is -0.495 e. The fourth-order valence-electron chi connectivity index (χ4n) is 1.89. The van der Waals surface area contributed by atoms with Gasteiger partial charge in [0.2, 0.25) is 5.91 Å². The zero-order valence-electron chi connectivity index (χ0n) is 12.5. The lowest BCUT2D eigenvalue weighted by atomic mass is 10.2. The first kappa shape index (κ1) is 17.8. The smallest absolute Gasteiger partial charge is 0.271 e. The van der Waals surface area contributed by atoms with Crippen LogP contribution in [0.3, 0.4) is 0 Å². The molecule has 6 nitrogen and oxygen atoms in total. The van der Waals surface area contributed by atoms with Gasteiger partial charge < -0.3 is 10.1 Å². The molecular weight excluding hydrogens is 355 g/mol. The van der Waals surface area contributed by atoms with E-state index in [4.69, 9.17) is 27.9 Å². The first-order chi connectivity index (χ1) is 11.4. The van der Waals surface area contributed by atoms with Crippen LogP contribution in [-0.2, 0) is 4.79 Å². The highest BCUT2D eigenvalue weighted by Gasteiger charge is 2.12. The second kappa shape index (κ2) is 7.81. The van der Waals surface area contributed by atoms with E-state index in [-0.39, 0.29) is 11.4 Å². The lowest BCUT2D eigenvalue weighted by Gasteiger charge is -2.08. The number of ether oxygens (including phenoxy) is 1. The first-order valence-electron chi connectivity index (χ1n) is 6.67. The van der Waals surface area contributed by atoms with Gasteiger partial charge in [0.05, 0.1) is 17.7 Å². The molecule has 1 N–H and O–H groups in total. The van der Waals surface area contributed by atoms with Crippen molar-refractivity contribution < 1.29 is 14.5 Å². The number of benzene rings is 2. The molecule has 0 heterocycles. The highest BCUT2D eigenvalue weighted by Crippen LogP contribution is 2.29. The summed E-state index contributed by atoms with van der Waals surface area (Å²) in [5.41, 5.74) is 0.608. The first-order valence-corrected chi connectivity index (χ1v) is 7.43. The number of amides is 1. The van der Waals surface area contributed by atoms with Crippen LogP contribution in [0.5, 0.6) is 5.75 Å². The van der Waals surface area contributed by atoms with Gasteiger partial charge in [-0.2, -0.15) is 0 Å². The number of non-ortho nitro benzene ring substituents is 1. The van der Waals surface area contributed by atoms with Gasteiger partial charge in [0.1, 0.15) is 5.75 Å². The molecule has 0 bridgehead atoms. The maximum absolute atomic E-state index is 12.0. The predicted octanol–water partition coefficient (Wildman–Crippen LogP) is 4.56. The SMILES string of the molecule is COc1ccc([N+](=O)[O-])cc1NC(=O)/C=C/c1cc(Cl)ccc1Cl. The number of anilines is 1. The number of halogens is 2. The van der Waals surface area contributed by atoms with Gasteiger partial charge in [0, 0.05) is 28.3 Å². The molecule has 124 valence electrons. The van der Waals surface area contributed by atoms with E-state index < -0.39 is 10.8 Å². The Balaban J connectivity index is 2.20. The number of rotatable bonds is 5. The van der Waals surface area contributed by atoms with Gasteiger partial charge >= 0.3 is 0 Å². The van der Waals surface area contributed by atoms with E-state index in [2.05, 4.69) is 5.32 Å². The molecule has 8 heteroatoms. The molecule has 0 saturated carbocycles. The summed E-state index contributed by atoms with van der Waals surface area (Å²) in [6, 6.07) is 8.78. The van der Waals surface area contributed by atoms with Crippen molar-refractivity contribution in [2.75, 3.05) is 12.4 Å².